The van der Waals surface area contributed by atoms with Crippen molar-refractivity contribution in [3.63, 3.8) is 0 Å². The SMILES string of the molecule is O=c1cc(CN(C2CCCC2)C2CC2)nc2ccccn12. The molecule has 0 aliphatic heterocycles. The lowest BCUT2D eigenvalue weighted by molar-refractivity contribution is 0.177. The van der Waals surface area contributed by atoms with Crippen LogP contribution in [0.2, 0.25) is 0 Å². The summed E-state index contributed by atoms with van der Waals surface area (Å²) in [5, 5.41) is 0. The Balaban J connectivity index is 1.64. The van der Waals surface area contributed by atoms with Gasteiger partial charge in [0, 0.05) is 30.9 Å². The van der Waals surface area contributed by atoms with Crippen molar-refractivity contribution in [2.24, 2.45) is 0 Å². The van der Waals surface area contributed by atoms with Crippen molar-refractivity contribution in [3.8, 4) is 0 Å². The van der Waals surface area contributed by atoms with Gasteiger partial charge in [0.05, 0.1) is 5.69 Å². The van der Waals surface area contributed by atoms with Crippen molar-refractivity contribution >= 4 is 5.65 Å². The molecule has 110 valence electrons. The second kappa shape index (κ2) is 5.26. The normalized spacial score (nSPS) is 19.7. The van der Waals surface area contributed by atoms with Crippen LogP contribution in [0.3, 0.4) is 0 Å². The van der Waals surface area contributed by atoms with Crippen LogP contribution in [0.5, 0.6) is 0 Å². The largest absolute Gasteiger partial charge is 0.292 e. The van der Waals surface area contributed by atoms with Gasteiger partial charge in [-0.2, -0.15) is 0 Å². The first-order valence-electron chi connectivity index (χ1n) is 8.04. The number of hydrogen-bond acceptors (Lipinski definition) is 3. The number of pyridine rings is 1. The molecule has 0 saturated heterocycles. The van der Waals surface area contributed by atoms with Crippen LogP contribution >= 0.6 is 0 Å². The highest BCUT2D eigenvalue weighted by atomic mass is 16.1. The van der Waals surface area contributed by atoms with E-state index in [9.17, 15) is 4.79 Å². The molecule has 2 aromatic rings. The van der Waals surface area contributed by atoms with E-state index in [1.165, 1.54) is 38.5 Å². The number of aromatic nitrogens is 2. The zero-order valence-electron chi connectivity index (χ0n) is 12.2. The zero-order chi connectivity index (χ0) is 14.2. The average molecular weight is 283 g/mol. The fraction of sp³-hybridized carbons (Fsp3) is 0.529. The number of hydrogen-bond donors (Lipinski definition) is 0. The van der Waals surface area contributed by atoms with Crippen LogP contribution in [0, 0.1) is 0 Å². The van der Waals surface area contributed by atoms with Gasteiger partial charge in [-0.1, -0.05) is 18.9 Å². The van der Waals surface area contributed by atoms with E-state index >= 15 is 0 Å². The van der Waals surface area contributed by atoms with E-state index in [4.69, 9.17) is 0 Å². The first-order valence-corrected chi connectivity index (χ1v) is 8.04. The van der Waals surface area contributed by atoms with Crippen LogP contribution in [-0.4, -0.2) is 26.4 Å². The molecule has 4 nitrogen and oxygen atoms in total. The molecular formula is C17H21N3O. The zero-order valence-corrected chi connectivity index (χ0v) is 12.2. The van der Waals surface area contributed by atoms with Gasteiger partial charge in [0.15, 0.2) is 0 Å². The summed E-state index contributed by atoms with van der Waals surface area (Å²) in [4.78, 5) is 19.5. The minimum Gasteiger partial charge on any atom is -0.292 e. The van der Waals surface area contributed by atoms with Gasteiger partial charge in [-0.3, -0.25) is 14.1 Å². The molecule has 0 aromatic carbocycles. The summed E-state index contributed by atoms with van der Waals surface area (Å²) in [5.41, 5.74) is 1.70. The number of nitrogens with zero attached hydrogens (tertiary/aromatic N) is 3. The minimum absolute atomic E-state index is 0.0257. The first kappa shape index (κ1) is 13.0. The molecule has 2 aliphatic carbocycles. The summed E-state index contributed by atoms with van der Waals surface area (Å²) in [5.74, 6) is 0. The number of fused-ring (bicyclic) bond motifs is 1. The van der Waals surface area contributed by atoms with Crippen molar-refractivity contribution in [1.82, 2.24) is 14.3 Å². The third-order valence-corrected chi connectivity index (χ3v) is 4.78. The van der Waals surface area contributed by atoms with E-state index in [0.717, 1.165) is 23.9 Å². The summed E-state index contributed by atoms with van der Waals surface area (Å²) >= 11 is 0. The summed E-state index contributed by atoms with van der Waals surface area (Å²) in [6.07, 6.45) is 9.71. The van der Waals surface area contributed by atoms with Crippen LogP contribution in [-0.2, 0) is 6.54 Å². The van der Waals surface area contributed by atoms with Crippen LogP contribution in [0.1, 0.15) is 44.2 Å². The van der Waals surface area contributed by atoms with Gasteiger partial charge in [0.25, 0.3) is 5.56 Å². The van der Waals surface area contributed by atoms with Crippen LogP contribution in [0.4, 0.5) is 0 Å². The molecule has 4 heteroatoms. The van der Waals surface area contributed by atoms with E-state index < -0.39 is 0 Å². The molecule has 0 spiro atoms. The van der Waals surface area contributed by atoms with Gasteiger partial charge in [-0.25, -0.2) is 4.98 Å². The molecule has 21 heavy (non-hydrogen) atoms. The van der Waals surface area contributed by atoms with E-state index in [1.807, 2.05) is 18.2 Å². The second-order valence-corrected chi connectivity index (χ2v) is 6.36. The quantitative estimate of drug-likeness (QED) is 0.865. The molecule has 4 rings (SSSR count). The van der Waals surface area contributed by atoms with E-state index in [-0.39, 0.29) is 5.56 Å². The van der Waals surface area contributed by atoms with Crippen molar-refractivity contribution in [2.45, 2.75) is 57.2 Å². The van der Waals surface area contributed by atoms with Gasteiger partial charge in [0.1, 0.15) is 5.65 Å². The maximum atomic E-state index is 12.2. The van der Waals surface area contributed by atoms with Crippen molar-refractivity contribution in [1.29, 1.82) is 0 Å². The minimum atomic E-state index is 0.0257. The topological polar surface area (TPSA) is 37.6 Å². The van der Waals surface area contributed by atoms with E-state index in [1.54, 1.807) is 16.7 Å². The molecule has 0 bridgehead atoms. The fourth-order valence-electron chi connectivity index (χ4n) is 3.57. The Morgan fingerprint density at radius 1 is 1.14 bits per heavy atom. The van der Waals surface area contributed by atoms with Crippen molar-refractivity contribution < 1.29 is 0 Å². The highest BCUT2D eigenvalue weighted by Gasteiger charge is 2.35. The lowest BCUT2D eigenvalue weighted by Gasteiger charge is -2.28. The Bertz CT molecular complexity index is 698. The Kier molecular flexibility index (Phi) is 3.26. The summed E-state index contributed by atoms with van der Waals surface area (Å²) < 4.78 is 1.61. The Morgan fingerprint density at radius 2 is 1.90 bits per heavy atom. The molecule has 0 N–H and O–H groups in total. The van der Waals surface area contributed by atoms with Gasteiger partial charge in [0.2, 0.25) is 0 Å². The fourth-order valence-corrected chi connectivity index (χ4v) is 3.57. The third kappa shape index (κ3) is 2.60. The van der Waals surface area contributed by atoms with Crippen LogP contribution in [0.25, 0.3) is 5.65 Å². The Labute approximate surface area is 124 Å². The molecule has 0 amide bonds. The van der Waals surface area contributed by atoms with E-state index in [0.29, 0.717) is 6.04 Å². The Hall–Kier alpha value is -1.68. The van der Waals surface area contributed by atoms with Gasteiger partial charge >= 0.3 is 0 Å². The van der Waals surface area contributed by atoms with Gasteiger partial charge in [-0.15, -0.1) is 0 Å². The molecule has 2 heterocycles. The molecule has 2 saturated carbocycles. The summed E-state index contributed by atoms with van der Waals surface area (Å²) in [7, 11) is 0. The third-order valence-electron chi connectivity index (χ3n) is 4.78. The highest BCUT2D eigenvalue weighted by molar-refractivity contribution is 5.38. The monoisotopic (exact) mass is 283 g/mol. The predicted molar refractivity (Wildman–Crippen MR) is 82.3 cm³/mol. The van der Waals surface area contributed by atoms with Crippen LogP contribution in [0.15, 0.2) is 35.3 Å². The Morgan fingerprint density at radius 3 is 2.67 bits per heavy atom. The molecule has 0 atom stereocenters. The summed E-state index contributed by atoms with van der Waals surface area (Å²) in [6.45, 7) is 0.829. The molecule has 0 radical (unpaired) electrons. The summed E-state index contributed by atoms with van der Waals surface area (Å²) in [6, 6.07) is 8.84. The maximum Gasteiger partial charge on any atom is 0.258 e. The average Bonchev–Trinajstić information content (AvgIpc) is 3.19. The standard InChI is InChI=1S/C17H21N3O/c21-17-11-13(18-16-7-3-4-10-19(16)17)12-20(15-8-9-15)14-5-1-2-6-14/h3-4,7,10-11,14-15H,1-2,5-6,8-9,12H2. The van der Waals surface area contributed by atoms with Gasteiger partial charge in [-0.05, 0) is 37.8 Å². The van der Waals surface area contributed by atoms with Crippen molar-refractivity contribution in [2.75, 3.05) is 0 Å². The molecule has 2 aliphatic rings. The molecular weight excluding hydrogens is 262 g/mol. The highest BCUT2D eigenvalue weighted by Crippen LogP contribution is 2.35. The first-order chi connectivity index (χ1) is 10.3. The smallest absolute Gasteiger partial charge is 0.258 e. The molecule has 0 unspecified atom stereocenters. The molecule has 2 fully saturated rings. The van der Waals surface area contributed by atoms with Gasteiger partial charge < -0.3 is 0 Å². The maximum absolute atomic E-state index is 12.2. The second-order valence-electron chi connectivity index (χ2n) is 6.36. The lowest BCUT2D eigenvalue weighted by atomic mass is 10.2. The predicted octanol–water partition coefficient (Wildman–Crippen LogP) is 2.60. The molecule has 2 aromatic heterocycles. The van der Waals surface area contributed by atoms with Crippen molar-refractivity contribution in [3.05, 3.63) is 46.5 Å². The number of rotatable bonds is 4. The van der Waals surface area contributed by atoms with E-state index in [2.05, 4.69) is 9.88 Å². The van der Waals surface area contributed by atoms with Crippen LogP contribution < -0.4 is 5.56 Å². The lowest BCUT2D eigenvalue weighted by Crippen LogP contribution is -2.35.